The van der Waals surface area contributed by atoms with Crippen molar-refractivity contribution >= 4 is 10.9 Å². The summed E-state index contributed by atoms with van der Waals surface area (Å²) in [5.74, 6) is 0. The third-order valence-corrected chi connectivity index (χ3v) is 5.49. The second kappa shape index (κ2) is 5.47. The van der Waals surface area contributed by atoms with E-state index in [0.29, 0.717) is 5.41 Å². The first-order chi connectivity index (χ1) is 10.3. The molecule has 2 aliphatic rings. The molecule has 0 aliphatic carbocycles. The topological polar surface area (TPSA) is 28.3 Å². The molecule has 21 heavy (non-hydrogen) atoms. The van der Waals surface area contributed by atoms with Crippen LogP contribution in [0.4, 0.5) is 0 Å². The number of hydrogen-bond donors (Lipinski definition) is 1. The molecular formula is C18H24N2O. The van der Waals surface area contributed by atoms with Gasteiger partial charge < -0.3 is 9.72 Å². The van der Waals surface area contributed by atoms with E-state index >= 15 is 0 Å². The average molecular weight is 284 g/mol. The molecule has 2 fully saturated rings. The number of benzene rings is 1. The highest BCUT2D eigenvalue weighted by Crippen LogP contribution is 2.40. The van der Waals surface area contributed by atoms with Crippen molar-refractivity contribution < 1.29 is 4.74 Å². The van der Waals surface area contributed by atoms with Crippen LogP contribution in [0.3, 0.4) is 0 Å². The zero-order valence-electron chi connectivity index (χ0n) is 12.6. The Labute approximate surface area is 126 Å². The largest absolute Gasteiger partial charge is 0.381 e. The Morgan fingerprint density at radius 2 is 1.86 bits per heavy atom. The SMILES string of the molecule is c1cc2cc(CN3CCC4(CCOCC4)CC3)ccc2[nH]1. The quantitative estimate of drug-likeness (QED) is 0.913. The molecular weight excluding hydrogens is 260 g/mol. The van der Waals surface area contributed by atoms with Crippen molar-refractivity contribution in [2.75, 3.05) is 26.3 Å². The number of piperidine rings is 1. The number of H-pyrrole nitrogens is 1. The van der Waals surface area contributed by atoms with Crippen LogP contribution in [0.5, 0.6) is 0 Å². The molecule has 2 aromatic rings. The number of likely N-dealkylation sites (tertiary alicyclic amines) is 1. The van der Waals surface area contributed by atoms with Gasteiger partial charge in [0.25, 0.3) is 0 Å². The first-order valence-electron chi connectivity index (χ1n) is 8.19. The second-order valence-electron chi connectivity index (χ2n) is 6.79. The lowest BCUT2D eigenvalue weighted by atomic mass is 9.72. The summed E-state index contributed by atoms with van der Waals surface area (Å²) in [5.41, 5.74) is 3.27. The summed E-state index contributed by atoms with van der Waals surface area (Å²) in [5, 5.41) is 1.32. The number of nitrogens with one attached hydrogen (secondary N) is 1. The first-order valence-corrected chi connectivity index (χ1v) is 8.19. The lowest BCUT2D eigenvalue weighted by molar-refractivity contribution is -0.0217. The van der Waals surface area contributed by atoms with Gasteiger partial charge in [-0.3, -0.25) is 4.90 Å². The summed E-state index contributed by atoms with van der Waals surface area (Å²) in [6, 6.07) is 8.95. The van der Waals surface area contributed by atoms with E-state index in [-0.39, 0.29) is 0 Å². The predicted molar refractivity (Wildman–Crippen MR) is 85.3 cm³/mol. The molecule has 2 saturated heterocycles. The Morgan fingerprint density at radius 1 is 1.05 bits per heavy atom. The molecule has 1 aromatic carbocycles. The van der Waals surface area contributed by atoms with E-state index in [1.807, 2.05) is 6.20 Å². The summed E-state index contributed by atoms with van der Waals surface area (Å²) in [4.78, 5) is 5.88. The van der Waals surface area contributed by atoms with Gasteiger partial charge in [0.1, 0.15) is 0 Å². The van der Waals surface area contributed by atoms with Crippen LogP contribution in [0, 0.1) is 5.41 Å². The lowest BCUT2D eigenvalue weighted by Crippen LogP contribution is -2.42. The molecule has 3 nitrogen and oxygen atoms in total. The van der Waals surface area contributed by atoms with Gasteiger partial charge in [0, 0.05) is 31.5 Å². The Hall–Kier alpha value is -1.32. The standard InChI is InChI=1S/C18H24N2O/c1-2-17-16(3-8-19-17)13-15(1)14-20-9-4-18(5-10-20)6-11-21-12-7-18/h1-3,8,13,19H,4-7,9-12,14H2. The maximum absolute atomic E-state index is 5.54. The minimum absolute atomic E-state index is 0.597. The van der Waals surface area contributed by atoms with E-state index in [2.05, 4.69) is 34.1 Å². The summed E-state index contributed by atoms with van der Waals surface area (Å²) in [6.07, 6.45) is 7.27. The fraction of sp³-hybridized carbons (Fsp3) is 0.556. The van der Waals surface area contributed by atoms with Crippen LogP contribution >= 0.6 is 0 Å². The van der Waals surface area contributed by atoms with Crippen molar-refractivity contribution in [3.05, 3.63) is 36.0 Å². The monoisotopic (exact) mass is 284 g/mol. The molecule has 0 bridgehead atoms. The predicted octanol–water partition coefficient (Wildman–Crippen LogP) is 3.56. The molecule has 1 N–H and O–H groups in total. The number of aromatic amines is 1. The molecule has 1 aromatic heterocycles. The van der Waals surface area contributed by atoms with E-state index in [1.165, 1.54) is 55.2 Å². The maximum atomic E-state index is 5.54. The van der Waals surface area contributed by atoms with Gasteiger partial charge in [-0.15, -0.1) is 0 Å². The normalized spacial score (nSPS) is 22.9. The number of rotatable bonds is 2. The summed E-state index contributed by atoms with van der Waals surface area (Å²) < 4.78 is 5.54. The molecule has 3 heterocycles. The number of hydrogen-bond acceptors (Lipinski definition) is 2. The van der Waals surface area contributed by atoms with Gasteiger partial charge in [0.05, 0.1) is 0 Å². The number of aromatic nitrogens is 1. The van der Waals surface area contributed by atoms with E-state index in [4.69, 9.17) is 4.74 Å². The van der Waals surface area contributed by atoms with Crippen molar-refractivity contribution in [3.8, 4) is 0 Å². The molecule has 112 valence electrons. The fourth-order valence-corrected chi connectivity index (χ4v) is 3.95. The first kappa shape index (κ1) is 13.4. The molecule has 0 amide bonds. The highest BCUT2D eigenvalue weighted by Gasteiger charge is 2.35. The second-order valence-corrected chi connectivity index (χ2v) is 6.79. The molecule has 3 heteroatoms. The average Bonchev–Trinajstić information content (AvgIpc) is 2.98. The Bertz CT molecular complexity index is 602. The minimum Gasteiger partial charge on any atom is -0.381 e. The highest BCUT2D eigenvalue weighted by atomic mass is 16.5. The van der Waals surface area contributed by atoms with E-state index in [0.717, 1.165) is 19.8 Å². The highest BCUT2D eigenvalue weighted by molar-refractivity contribution is 5.79. The Morgan fingerprint density at radius 3 is 2.67 bits per heavy atom. The Balaban J connectivity index is 1.39. The molecule has 4 rings (SSSR count). The van der Waals surface area contributed by atoms with Crippen molar-refractivity contribution in [1.82, 2.24) is 9.88 Å². The van der Waals surface area contributed by atoms with Crippen LogP contribution in [-0.4, -0.2) is 36.2 Å². The summed E-state index contributed by atoms with van der Waals surface area (Å²) >= 11 is 0. The van der Waals surface area contributed by atoms with Crippen LogP contribution < -0.4 is 0 Å². The fourth-order valence-electron chi connectivity index (χ4n) is 3.95. The van der Waals surface area contributed by atoms with Gasteiger partial charge in [-0.05, 0) is 73.3 Å². The maximum Gasteiger partial charge on any atom is 0.0471 e. The van der Waals surface area contributed by atoms with Crippen LogP contribution in [-0.2, 0) is 11.3 Å². The van der Waals surface area contributed by atoms with Crippen molar-refractivity contribution in [3.63, 3.8) is 0 Å². The third kappa shape index (κ3) is 2.72. The smallest absolute Gasteiger partial charge is 0.0471 e. The van der Waals surface area contributed by atoms with Crippen LogP contribution in [0.2, 0.25) is 0 Å². The van der Waals surface area contributed by atoms with Gasteiger partial charge in [-0.1, -0.05) is 6.07 Å². The molecule has 0 atom stereocenters. The Kier molecular flexibility index (Phi) is 3.48. The summed E-state index contributed by atoms with van der Waals surface area (Å²) in [6.45, 7) is 5.53. The molecule has 0 saturated carbocycles. The van der Waals surface area contributed by atoms with E-state index in [9.17, 15) is 0 Å². The van der Waals surface area contributed by atoms with Gasteiger partial charge >= 0.3 is 0 Å². The lowest BCUT2D eigenvalue weighted by Gasteiger charge is -2.44. The zero-order valence-corrected chi connectivity index (χ0v) is 12.6. The number of ether oxygens (including phenoxy) is 1. The summed E-state index contributed by atoms with van der Waals surface area (Å²) in [7, 11) is 0. The van der Waals surface area contributed by atoms with Crippen LogP contribution in [0.15, 0.2) is 30.5 Å². The number of nitrogens with zero attached hydrogens (tertiary/aromatic N) is 1. The van der Waals surface area contributed by atoms with Crippen molar-refractivity contribution in [1.29, 1.82) is 0 Å². The van der Waals surface area contributed by atoms with Gasteiger partial charge in [-0.25, -0.2) is 0 Å². The van der Waals surface area contributed by atoms with Gasteiger partial charge in [0.15, 0.2) is 0 Å². The molecule has 2 aliphatic heterocycles. The van der Waals surface area contributed by atoms with E-state index < -0.39 is 0 Å². The van der Waals surface area contributed by atoms with Crippen LogP contribution in [0.1, 0.15) is 31.2 Å². The van der Waals surface area contributed by atoms with Gasteiger partial charge in [0.2, 0.25) is 0 Å². The van der Waals surface area contributed by atoms with Crippen molar-refractivity contribution in [2.24, 2.45) is 5.41 Å². The molecule has 0 unspecified atom stereocenters. The number of fused-ring (bicyclic) bond motifs is 1. The third-order valence-electron chi connectivity index (χ3n) is 5.49. The van der Waals surface area contributed by atoms with Crippen molar-refractivity contribution in [2.45, 2.75) is 32.2 Å². The molecule has 1 spiro atoms. The van der Waals surface area contributed by atoms with Crippen LogP contribution in [0.25, 0.3) is 10.9 Å². The zero-order chi connectivity index (χ0) is 14.1. The minimum atomic E-state index is 0.597. The van der Waals surface area contributed by atoms with E-state index in [1.54, 1.807) is 0 Å². The molecule has 0 radical (unpaired) electrons. The van der Waals surface area contributed by atoms with Gasteiger partial charge in [-0.2, -0.15) is 0 Å².